The highest BCUT2D eigenvalue weighted by Crippen LogP contribution is 2.38. The molecule has 2 heterocycles. The van der Waals surface area contributed by atoms with Gasteiger partial charge in [0, 0.05) is 31.0 Å². The molecule has 1 aromatic carbocycles. The van der Waals surface area contributed by atoms with Crippen molar-refractivity contribution in [3.05, 3.63) is 17.7 Å². The van der Waals surface area contributed by atoms with Crippen molar-refractivity contribution in [3.8, 4) is 17.2 Å². The summed E-state index contributed by atoms with van der Waals surface area (Å²) in [5, 5.41) is 6.24. The second-order valence-corrected chi connectivity index (χ2v) is 7.90. The Balaban J connectivity index is 1.56. The third-order valence-corrected chi connectivity index (χ3v) is 6.03. The van der Waals surface area contributed by atoms with E-state index in [1.807, 2.05) is 4.90 Å². The van der Waals surface area contributed by atoms with Crippen LogP contribution in [-0.4, -0.2) is 75.3 Å². The molecule has 2 N–H and O–H groups in total. The molecule has 2 aliphatic rings. The minimum Gasteiger partial charge on any atom is -0.493 e. The SMILES string of the molecule is COc1cc(C(=O)NCC2CNC(C(=O)N3CCSC3)C2)cc(OC)c1OC. The lowest BCUT2D eigenvalue weighted by Gasteiger charge is -2.19. The van der Waals surface area contributed by atoms with Crippen LogP contribution in [-0.2, 0) is 4.79 Å². The normalized spacial score (nSPS) is 21.5. The van der Waals surface area contributed by atoms with Gasteiger partial charge in [0.25, 0.3) is 5.91 Å². The summed E-state index contributed by atoms with van der Waals surface area (Å²) in [5.74, 6) is 3.27. The maximum Gasteiger partial charge on any atom is 0.251 e. The Hall–Kier alpha value is -2.13. The van der Waals surface area contributed by atoms with Gasteiger partial charge >= 0.3 is 0 Å². The molecule has 2 amide bonds. The van der Waals surface area contributed by atoms with Gasteiger partial charge in [0.15, 0.2) is 11.5 Å². The summed E-state index contributed by atoms with van der Waals surface area (Å²) in [7, 11) is 4.55. The predicted molar refractivity (Wildman–Crippen MR) is 107 cm³/mol. The number of carbonyl (C=O) groups is 2. The number of nitrogens with zero attached hydrogens (tertiary/aromatic N) is 1. The van der Waals surface area contributed by atoms with Crippen molar-refractivity contribution in [1.82, 2.24) is 15.5 Å². The summed E-state index contributed by atoms with van der Waals surface area (Å²) < 4.78 is 15.9. The zero-order valence-corrected chi connectivity index (χ0v) is 17.3. The molecule has 0 spiro atoms. The van der Waals surface area contributed by atoms with Gasteiger partial charge in [-0.15, -0.1) is 11.8 Å². The summed E-state index contributed by atoms with van der Waals surface area (Å²) in [5.41, 5.74) is 0.433. The maximum atomic E-state index is 12.6. The summed E-state index contributed by atoms with van der Waals surface area (Å²) in [6, 6.07) is 3.10. The van der Waals surface area contributed by atoms with E-state index in [9.17, 15) is 9.59 Å². The van der Waals surface area contributed by atoms with E-state index in [1.54, 1.807) is 23.9 Å². The van der Waals surface area contributed by atoms with Gasteiger partial charge in [-0.05, 0) is 24.5 Å². The molecule has 8 nitrogen and oxygen atoms in total. The fourth-order valence-corrected chi connectivity index (χ4v) is 4.47. The molecule has 0 aliphatic carbocycles. The fourth-order valence-electron chi connectivity index (χ4n) is 3.51. The van der Waals surface area contributed by atoms with Crippen molar-refractivity contribution in [2.24, 2.45) is 5.92 Å². The van der Waals surface area contributed by atoms with Crippen LogP contribution in [0.5, 0.6) is 17.2 Å². The third kappa shape index (κ3) is 4.47. The van der Waals surface area contributed by atoms with Gasteiger partial charge in [-0.25, -0.2) is 0 Å². The van der Waals surface area contributed by atoms with Gasteiger partial charge in [0.2, 0.25) is 11.7 Å². The zero-order valence-electron chi connectivity index (χ0n) is 16.4. The lowest BCUT2D eigenvalue weighted by Crippen LogP contribution is -2.42. The van der Waals surface area contributed by atoms with Crippen LogP contribution in [0.3, 0.4) is 0 Å². The van der Waals surface area contributed by atoms with Crippen LogP contribution in [0.4, 0.5) is 0 Å². The molecule has 2 atom stereocenters. The van der Waals surface area contributed by atoms with E-state index in [1.165, 1.54) is 21.3 Å². The standard InChI is InChI=1S/C19H27N3O5S/c1-25-15-7-13(8-16(26-2)17(15)27-3)18(23)21-10-12-6-14(20-9-12)19(24)22-4-5-28-11-22/h7-8,12,14,20H,4-6,9-11H2,1-3H3,(H,21,23). The van der Waals surface area contributed by atoms with Crippen LogP contribution in [0.1, 0.15) is 16.8 Å². The van der Waals surface area contributed by atoms with Crippen molar-refractivity contribution in [3.63, 3.8) is 0 Å². The summed E-state index contributed by atoms with van der Waals surface area (Å²) in [4.78, 5) is 27.0. The van der Waals surface area contributed by atoms with Crippen LogP contribution in [0.25, 0.3) is 0 Å². The van der Waals surface area contributed by atoms with Gasteiger partial charge in [-0.3, -0.25) is 9.59 Å². The first-order valence-electron chi connectivity index (χ1n) is 9.25. The maximum absolute atomic E-state index is 12.6. The molecule has 2 saturated heterocycles. The first-order chi connectivity index (χ1) is 13.6. The number of thioether (sulfide) groups is 1. The lowest BCUT2D eigenvalue weighted by atomic mass is 10.0. The number of methoxy groups -OCH3 is 3. The number of ether oxygens (including phenoxy) is 3. The van der Waals surface area contributed by atoms with Gasteiger partial charge in [0.05, 0.1) is 33.2 Å². The van der Waals surface area contributed by atoms with E-state index in [0.29, 0.717) is 35.9 Å². The molecule has 2 aliphatic heterocycles. The molecule has 1 aromatic rings. The number of hydrogen-bond acceptors (Lipinski definition) is 7. The number of amides is 2. The number of hydrogen-bond donors (Lipinski definition) is 2. The van der Waals surface area contributed by atoms with E-state index >= 15 is 0 Å². The van der Waals surface area contributed by atoms with Crippen molar-refractivity contribution in [1.29, 1.82) is 0 Å². The molecule has 0 aromatic heterocycles. The van der Waals surface area contributed by atoms with E-state index in [2.05, 4.69) is 10.6 Å². The summed E-state index contributed by atoms with van der Waals surface area (Å²) in [6.45, 7) is 2.04. The summed E-state index contributed by atoms with van der Waals surface area (Å²) in [6.07, 6.45) is 0.732. The van der Waals surface area contributed by atoms with Crippen LogP contribution < -0.4 is 24.8 Å². The van der Waals surface area contributed by atoms with Gasteiger partial charge in [-0.1, -0.05) is 0 Å². The second-order valence-electron chi connectivity index (χ2n) is 6.83. The van der Waals surface area contributed by atoms with Crippen LogP contribution in [0.15, 0.2) is 12.1 Å². The highest BCUT2D eigenvalue weighted by Gasteiger charge is 2.33. The number of carbonyl (C=O) groups excluding carboxylic acids is 2. The molecule has 9 heteroatoms. The minimum atomic E-state index is -0.218. The topological polar surface area (TPSA) is 89.1 Å². The molecule has 28 heavy (non-hydrogen) atoms. The minimum absolute atomic E-state index is 0.151. The van der Waals surface area contributed by atoms with Crippen molar-refractivity contribution in [2.75, 3.05) is 52.6 Å². The molecule has 0 radical (unpaired) electrons. The van der Waals surface area contributed by atoms with Crippen LogP contribution in [0.2, 0.25) is 0 Å². The van der Waals surface area contributed by atoms with E-state index in [4.69, 9.17) is 14.2 Å². The quantitative estimate of drug-likeness (QED) is 0.693. The first kappa shape index (κ1) is 20.6. The molecular formula is C19H27N3O5S. The number of rotatable bonds is 7. The highest BCUT2D eigenvalue weighted by molar-refractivity contribution is 7.99. The Morgan fingerprint density at radius 1 is 1.21 bits per heavy atom. The van der Waals surface area contributed by atoms with Crippen molar-refractivity contribution >= 4 is 23.6 Å². The molecule has 2 fully saturated rings. The average molecular weight is 410 g/mol. The fraction of sp³-hybridized carbons (Fsp3) is 0.579. The second kappa shape index (κ2) is 9.38. The van der Waals surface area contributed by atoms with Crippen LogP contribution >= 0.6 is 11.8 Å². The van der Waals surface area contributed by atoms with E-state index in [0.717, 1.165) is 24.6 Å². The van der Waals surface area contributed by atoms with Gasteiger partial charge in [-0.2, -0.15) is 0 Å². The largest absolute Gasteiger partial charge is 0.493 e. The van der Waals surface area contributed by atoms with Crippen LogP contribution in [0, 0.1) is 5.92 Å². The summed E-state index contributed by atoms with van der Waals surface area (Å²) >= 11 is 1.78. The zero-order chi connectivity index (χ0) is 20.1. The van der Waals surface area contributed by atoms with Crippen molar-refractivity contribution < 1.29 is 23.8 Å². The molecule has 0 saturated carbocycles. The Kier molecular flexibility index (Phi) is 6.90. The predicted octanol–water partition coefficient (Wildman–Crippen LogP) is 0.953. The highest BCUT2D eigenvalue weighted by atomic mass is 32.2. The lowest BCUT2D eigenvalue weighted by molar-refractivity contribution is -0.131. The van der Waals surface area contributed by atoms with Crippen molar-refractivity contribution in [2.45, 2.75) is 12.5 Å². The van der Waals surface area contributed by atoms with E-state index < -0.39 is 0 Å². The number of benzene rings is 1. The van der Waals surface area contributed by atoms with Gasteiger partial charge in [0.1, 0.15) is 0 Å². The molecule has 154 valence electrons. The van der Waals surface area contributed by atoms with Gasteiger partial charge < -0.3 is 29.7 Å². The Labute approximate surface area is 169 Å². The third-order valence-electron chi connectivity index (χ3n) is 5.06. The molecule has 3 rings (SSSR count). The Morgan fingerprint density at radius 2 is 1.93 bits per heavy atom. The molecule has 0 bridgehead atoms. The molecular weight excluding hydrogens is 382 g/mol. The smallest absolute Gasteiger partial charge is 0.251 e. The number of nitrogens with one attached hydrogen (secondary N) is 2. The Morgan fingerprint density at radius 3 is 2.50 bits per heavy atom. The first-order valence-corrected chi connectivity index (χ1v) is 10.4. The van der Waals surface area contributed by atoms with E-state index in [-0.39, 0.29) is 23.8 Å². The Bertz CT molecular complexity index is 699. The monoisotopic (exact) mass is 409 g/mol. The average Bonchev–Trinajstić information content (AvgIpc) is 3.42. The molecule has 2 unspecified atom stereocenters.